The molecule has 2 aromatic heterocycles. The molecule has 0 amide bonds. The van der Waals surface area contributed by atoms with Crippen molar-refractivity contribution in [3.63, 3.8) is 0 Å². The Morgan fingerprint density at radius 2 is 1.95 bits per heavy atom. The zero-order valence-corrected chi connectivity index (χ0v) is 11.3. The summed E-state index contributed by atoms with van der Waals surface area (Å²) in [4.78, 5) is 19.1. The van der Waals surface area contributed by atoms with E-state index in [0.29, 0.717) is 23.6 Å². The van der Waals surface area contributed by atoms with Crippen LogP contribution >= 0.6 is 0 Å². The highest BCUT2D eigenvalue weighted by Gasteiger charge is 2.06. The van der Waals surface area contributed by atoms with Crippen molar-refractivity contribution in [3.8, 4) is 17.5 Å². The SMILES string of the molecule is N#Cc1ccc(CNc2ncc(-c3n[nH]c(=O)o3)cn2)cc1. The lowest BCUT2D eigenvalue weighted by molar-refractivity contribution is 0.526. The van der Waals surface area contributed by atoms with Gasteiger partial charge in [-0.1, -0.05) is 12.1 Å². The van der Waals surface area contributed by atoms with E-state index in [4.69, 9.17) is 9.68 Å². The van der Waals surface area contributed by atoms with Crippen LogP contribution in [0.3, 0.4) is 0 Å². The van der Waals surface area contributed by atoms with Gasteiger partial charge in [0.25, 0.3) is 5.89 Å². The quantitative estimate of drug-likeness (QED) is 0.744. The van der Waals surface area contributed by atoms with E-state index in [1.54, 1.807) is 12.1 Å². The van der Waals surface area contributed by atoms with Crippen molar-refractivity contribution in [1.29, 1.82) is 5.26 Å². The molecule has 0 fully saturated rings. The summed E-state index contributed by atoms with van der Waals surface area (Å²) in [6.45, 7) is 0.530. The molecule has 3 rings (SSSR count). The summed E-state index contributed by atoms with van der Waals surface area (Å²) < 4.78 is 4.81. The third-order valence-corrected chi connectivity index (χ3v) is 2.87. The highest BCUT2D eigenvalue weighted by molar-refractivity contribution is 5.50. The van der Waals surface area contributed by atoms with Crippen molar-refractivity contribution in [3.05, 3.63) is 58.3 Å². The molecule has 3 aromatic rings. The number of anilines is 1. The smallest absolute Gasteiger partial charge is 0.388 e. The maximum atomic E-state index is 10.9. The molecule has 2 N–H and O–H groups in total. The molecular formula is C14H10N6O2. The lowest BCUT2D eigenvalue weighted by Crippen LogP contribution is -2.03. The monoisotopic (exact) mass is 294 g/mol. The fourth-order valence-electron chi connectivity index (χ4n) is 1.76. The van der Waals surface area contributed by atoms with Crippen molar-refractivity contribution in [1.82, 2.24) is 20.2 Å². The van der Waals surface area contributed by atoms with E-state index >= 15 is 0 Å². The van der Waals surface area contributed by atoms with Gasteiger partial charge in [0.2, 0.25) is 5.95 Å². The van der Waals surface area contributed by atoms with Crippen LogP contribution in [0, 0.1) is 11.3 Å². The van der Waals surface area contributed by atoms with Crippen LogP contribution in [0.4, 0.5) is 5.95 Å². The predicted molar refractivity (Wildman–Crippen MR) is 76.6 cm³/mol. The minimum absolute atomic E-state index is 0.142. The minimum atomic E-state index is -0.627. The molecule has 0 unspecified atom stereocenters. The largest absolute Gasteiger partial charge is 0.434 e. The summed E-state index contributed by atoms with van der Waals surface area (Å²) in [7, 11) is 0. The summed E-state index contributed by atoms with van der Waals surface area (Å²) >= 11 is 0. The van der Waals surface area contributed by atoms with Crippen LogP contribution in [-0.4, -0.2) is 20.2 Å². The van der Waals surface area contributed by atoms with Crippen LogP contribution in [0.25, 0.3) is 11.5 Å². The second-order valence-electron chi connectivity index (χ2n) is 4.38. The van der Waals surface area contributed by atoms with Crippen LogP contribution in [-0.2, 0) is 6.54 Å². The van der Waals surface area contributed by atoms with Gasteiger partial charge in [-0.3, -0.25) is 0 Å². The molecular weight excluding hydrogens is 284 g/mol. The van der Waals surface area contributed by atoms with Gasteiger partial charge in [-0.2, -0.15) is 5.26 Å². The number of nitrogens with one attached hydrogen (secondary N) is 2. The predicted octanol–water partition coefficient (Wildman–Crippen LogP) is 1.30. The number of nitriles is 1. The molecule has 0 aliphatic carbocycles. The van der Waals surface area contributed by atoms with Gasteiger partial charge < -0.3 is 9.73 Å². The Morgan fingerprint density at radius 1 is 1.23 bits per heavy atom. The lowest BCUT2D eigenvalue weighted by atomic mass is 10.1. The molecule has 0 atom stereocenters. The van der Waals surface area contributed by atoms with E-state index < -0.39 is 5.76 Å². The third kappa shape index (κ3) is 2.99. The van der Waals surface area contributed by atoms with Gasteiger partial charge in [0, 0.05) is 18.9 Å². The normalized spacial score (nSPS) is 10.1. The fourth-order valence-corrected chi connectivity index (χ4v) is 1.76. The van der Waals surface area contributed by atoms with E-state index in [2.05, 4.69) is 31.6 Å². The zero-order chi connectivity index (χ0) is 15.4. The number of H-pyrrole nitrogens is 1. The molecule has 8 heteroatoms. The first-order valence-electron chi connectivity index (χ1n) is 6.35. The van der Waals surface area contributed by atoms with Crippen molar-refractivity contribution < 1.29 is 4.42 Å². The highest BCUT2D eigenvalue weighted by atomic mass is 16.4. The number of hydrogen-bond donors (Lipinski definition) is 2. The van der Waals surface area contributed by atoms with Gasteiger partial charge >= 0.3 is 5.76 Å². The Hall–Kier alpha value is -3.47. The maximum absolute atomic E-state index is 10.9. The van der Waals surface area contributed by atoms with E-state index in [1.165, 1.54) is 12.4 Å². The van der Waals surface area contributed by atoms with E-state index in [0.717, 1.165) is 5.56 Å². The fraction of sp³-hybridized carbons (Fsp3) is 0.0714. The molecule has 0 saturated carbocycles. The van der Waals surface area contributed by atoms with Crippen LogP contribution in [0.2, 0.25) is 0 Å². The van der Waals surface area contributed by atoms with Gasteiger partial charge in [-0.15, -0.1) is 5.10 Å². The van der Waals surface area contributed by atoms with Crippen molar-refractivity contribution >= 4 is 5.95 Å². The summed E-state index contributed by atoms with van der Waals surface area (Å²) in [5.41, 5.74) is 2.12. The number of nitrogens with zero attached hydrogens (tertiary/aromatic N) is 4. The molecule has 1 aromatic carbocycles. The van der Waals surface area contributed by atoms with Crippen molar-refractivity contribution in [2.75, 3.05) is 5.32 Å². The summed E-state index contributed by atoms with van der Waals surface area (Å²) in [6.07, 6.45) is 3.01. The minimum Gasteiger partial charge on any atom is -0.388 e. The zero-order valence-electron chi connectivity index (χ0n) is 11.3. The van der Waals surface area contributed by atoms with Gasteiger partial charge in [-0.25, -0.2) is 19.9 Å². The van der Waals surface area contributed by atoms with E-state index in [-0.39, 0.29) is 5.89 Å². The first kappa shape index (κ1) is 13.5. The molecule has 8 nitrogen and oxygen atoms in total. The number of benzene rings is 1. The standard InChI is InChI=1S/C14H10N6O2/c15-5-9-1-3-10(4-2-9)6-16-13-17-7-11(8-18-13)12-19-20-14(21)22-12/h1-4,7-8H,6H2,(H,20,21)(H,16,17,18). The van der Waals surface area contributed by atoms with E-state index in [9.17, 15) is 4.79 Å². The van der Waals surface area contributed by atoms with Crippen LogP contribution in [0.15, 0.2) is 45.9 Å². The average Bonchev–Trinajstić information content (AvgIpc) is 3.00. The first-order chi connectivity index (χ1) is 10.7. The summed E-state index contributed by atoms with van der Waals surface area (Å²) in [6, 6.07) is 9.29. The summed E-state index contributed by atoms with van der Waals surface area (Å²) in [5.74, 6) is -0.0485. The molecule has 108 valence electrons. The Balaban J connectivity index is 1.66. The third-order valence-electron chi connectivity index (χ3n) is 2.87. The lowest BCUT2D eigenvalue weighted by Gasteiger charge is -2.04. The second kappa shape index (κ2) is 5.88. The molecule has 0 radical (unpaired) electrons. The van der Waals surface area contributed by atoms with Crippen LogP contribution in [0.1, 0.15) is 11.1 Å². The summed E-state index contributed by atoms with van der Waals surface area (Å²) in [5, 5.41) is 17.7. The maximum Gasteiger partial charge on any atom is 0.434 e. The Kier molecular flexibility index (Phi) is 3.61. The molecule has 0 aliphatic heterocycles. The Bertz CT molecular complexity index is 858. The average molecular weight is 294 g/mol. The van der Waals surface area contributed by atoms with Gasteiger partial charge in [-0.05, 0) is 17.7 Å². The number of hydrogen-bond acceptors (Lipinski definition) is 7. The highest BCUT2D eigenvalue weighted by Crippen LogP contribution is 2.13. The topological polar surface area (TPSA) is 120 Å². The van der Waals surface area contributed by atoms with Crippen LogP contribution < -0.4 is 11.1 Å². The van der Waals surface area contributed by atoms with Crippen LogP contribution in [0.5, 0.6) is 0 Å². The second-order valence-corrected chi connectivity index (χ2v) is 4.38. The number of rotatable bonds is 4. The first-order valence-corrected chi connectivity index (χ1v) is 6.35. The molecule has 0 saturated heterocycles. The molecule has 0 aliphatic rings. The molecule has 0 bridgehead atoms. The Morgan fingerprint density at radius 3 is 2.55 bits per heavy atom. The number of aromatic amines is 1. The van der Waals surface area contributed by atoms with Gasteiger partial charge in [0.05, 0.1) is 17.2 Å². The van der Waals surface area contributed by atoms with Gasteiger partial charge in [0.15, 0.2) is 0 Å². The molecule has 0 spiro atoms. The van der Waals surface area contributed by atoms with Crippen molar-refractivity contribution in [2.24, 2.45) is 0 Å². The number of aromatic nitrogens is 4. The van der Waals surface area contributed by atoms with Crippen molar-refractivity contribution in [2.45, 2.75) is 6.54 Å². The molecule has 22 heavy (non-hydrogen) atoms. The Labute approximate surface area is 124 Å². The van der Waals surface area contributed by atoms with E-state index in [1.807, 2.05) is 12.1 Å². The molecule has 2 heterocycles. The van der Waals surface area contributed by atoms with Gasteiger partial charge in [0.1, 0.15) is 0 Å².